The summed E-state index contributed by atoms with van der Waals surface area (Å²) in [5.74, 6) is 0.485. The smallest absolute Gasteiger partial charge is 0.338 e. The van der Waals surface area contributed by atoms with Gasteiger partial charge in [0.05, 0.1) is 41.5 Å². The molecule has 0 saturated carbocycles. The lowest BCUT2D eigenvalue weighted by molar-refractivity contribution is 0.0297. The summed E-state index contributed by atoms with van der Waals surface area (Å²) in [7, 11) is 3.07. The van der Waals surface area contributed by atoms with E-state index >= 15 is 0 Å². The van der Waals surface area contributed by atoms with E-state index < -0.39 is 12.1 Å². The number of aromatic hydroxyl groups is 1. The predicted octanol–water partition coefficient (Wildman–Crippen LogP) is 6.74. The van der Waals surface area contributed by atoms with Gasteiger partial charge in [0, 0.05) is 37.1 Å². The monoisotopic (exact) mass is 577 g/mol. The molecule has 4 aromatic rings. The highest BCUT2D eigenvalue weighted by atomic mass is 35.5. The Morgan fingerprint density at radius 1 is 1.00 bits per heavy atom. The number of esters is 1. The van der Waals surface area contributed by atoms with Gasteiger partial charge in [-0.3, -0.25) is 4.98 Å². The van der Waals surface area contributed by atoms with Crippen LogP contribution in [-0.4, -0.2) is 30.3 Å². The molecule has 0 aliphatic heterocycles. The van der Waals surface area contributed by atoms with E-state index in [1.165, 1.54) is 38.7 Å². The highest BCUT2D eigenvalue weighted by Crippen LogP contribution is 2.35. The van der Waals surface area contributed by atoms with Crippen LogP contribution in [0.2, 0.25) is 10.0 Å². The van der Waals surface area contributed by atoms with E-state index in [4.69, 9.17) is 42.7 Å². The average Bonchev–Trinajstić information content (AvgIpc) is 2.96. The SMILES string of the molecule is COc1ccc([C@H](Cc2c(Cl)cncc2Cl)OC(=O)c2ccc(CNc3cc(O)cc(C#N)c3)cc2)cc1OC. The third-order valence-corrected chi connectivity index (χ3v) is 6.76. The van der Waals surface area contributed by atoms with Crippen LogP contribution in [0.3, 0.4) is 0 Å². The maximum absolute atomic E-state index is 13.2. The summed E-state index contributed by atoms with van der Waals surface area (Å²) in [6, 6.07) is 18.7. The van der Waals surface area contributed by atoms with Crippen LogP contribution in [0.5, 0.6) is 17.2 Å². The van der Waals surface area contributed by atoms with Gasteiger partial charge < -0.3 is 24.6 Å². The molecular formula is C30H25Cl2N3O5. The molecule has 0 bridgehead atoms. The standard InChI is InChI=1S/C30H25Cl2N3O5/c1-38-27-8-7-21(11-29(27)39-2)28(13-24-25(31)16-34-17-26(24)32)40-30(37)20-5-3-18(4-6-20)15-35-22-9-19(14-33)10-23(36)12-22/h3-12,16-17,28,35-36H,13,15H2,1-2H3/t28-/m0/s1. The number of phenolic OH excluding ortho intramolecular Hbond substituents is 1. The fraction of sp³-hybridized carbons (Fsp3) is 0.167. The van der Waals surface area contributed by atoms with Gasteiger partial charge in [-0.2, -0.15) is 5.26 Å². The second-order valence-corrected chi connectivity index (χ2v) is 9.54. The Kier molecular flexibility index (Phi) is 9.33. The minimum atomic E-state index is -0.744. The summed E-state index contributed by atoms with van der Waals surface area (Å²) in [5, 5.41) is 22.7. The summed E-state index contributed by atoms with van der Waals surface area (Å²) in [6.07, 6.45) is 2.44. The molecule has 0 spiro atoms. The summed E-state index contributed by atoms with van der Waals surface area (Å²) in [5.41, 5.74) is 3.44. The van der Waals surface area contributed by atoms with Gasteiger partial charge in [0.2, 0.25) is 0 Å². The quantitative estimate of drug-likeness (QED) is 0.199. The molecular weight excluding hydrogens is 553 g/mol. The Balaban J connectivity index is 1.53. The topological polar surface area (TPSA) is 114 Å². The van der Waals surface area contributed by atoms with Gasteiger partial charge in [0.25, 0.3) is 0 Å². The molecule has 0 aliphatic rings. The van der Waals surface area contributed by atoms with Crippen molar-refractivity contribution in [2.24, 2.45) is 0 Å². The number of halogens is 2. The number of nitrogens with zero attached hydrogens (tertiary/aromatic N) is 2. The maximum atomic E-state index is 13.2. The van der Waals surface area contributed by atoms with Gasteiger partial charge >= 0.3 is 5.97 Å². The molecule has 2 N–H and O–H groups in total. The van der Waals surface area contributed by atoms with Gasteiger partial charge in [-0.25, -0.2) is 4.79 Å². The zero-order valence-electron chi connectivity index (χ0n) is 21.7. The number of hydrogen-bond donors (Lipinski definition) is 2. The van der Waals surface area contributed by atoms with E-state index in [-0.39, 0.29) is 12.2 Å². The number of ether oxygens (including phenoxy) is 3. The van der Waals surface area contributed by atoms with E-state index in [9.17, 15) is 9.90 Å². The minimum absolute atomic E-state index is 0.00183. The Hall–Kier alpha value is -4.45. The first-order valence-corrected chi connectivity index (χ1v) is 12.8. The number of phenols is 1. The molecule has 0 aliphatic carbocycles. The Bertz CT molecular complexity index is 1530. The molecule has 8 nitrogen and oxygen atoms in total. The van der Waals surface area contributed by atoms with Crippen molar-refractivity contribution in [3.8, 4) is 23.3 Å². The highest BCUT2D eigenvalue weighted by molar-refractivity contribution is 6.35. The first kappa shape index (κ1) is 28.6. The average molecular weight is 578 g/mol. The van der Waals surface area contributed by atoms with Gasteiger partial charge in [0.15, 0.2) is 11.5 Å². The molecule has 40 heavy (non-hydrogen) atoms. The molecule has 0 unspecified atom stereocenters. The number of nitriles is 1. The largest absolute Gasteiger partial charge is 0.508 e. The van der Waals surface area contributed by atoms with Crippen LogP contribution in [0.4, 0.5) is 5.69 Å². The molecule has 0 fully saturated rings. The fourth-order valence-electron chi connectivity index (χ4n) is 4.04. The van der Waals surface area contributed by atoms with Crippen LogP contribution in [0.15, 0.2) is 73.1 Å². The molecule has 10 heteroatoms. The Labute approximate surface area is 241 Å². The Morgan fingerprint density at radius 2 is 1.70 bits per heavy atom. The molecule has 0 saturated heterocycles. The van der Waals surface area contributed by atoms with Crippen molar-refractivity contribution < 1.29 is 24.1 Å². The van der Waals surface area contributed by atoms with E-state index in [0.717, 1.165) is 5.56 Å². The molecule has 0 radical (unpaired) electrons. The van der Waals surface area contributed by atoms with E-state index in [1.807, 2.05) is 6.07 Å². The second kappa shape index (κ2) is 13.1. The molecule has 3 aromatic carbocycles. The summed E-state index contributed by atoms with van der Waals surface area (Å²) >= 11 is 12.7. The number of benzene rings is 3. The minimum Gasteiger partial charge on any atom is -0.508 e. The lowest BCUT2D eigenvalue weighted by atomic mass is 10.0. The number of anilines is 1. The number of hydrogen-bond acceptors (Lipinski definition) is 8. The van der Waals surface area contributed by atoms with Crippen LogP contribution in [-0.2, 0) is 17.7 Å². The van der Waals surface area contributed by atoms with Gasteiger partial charge in [-0.1, -0.05) is 41.4 Å². The van der Waals surface area contributed by atoms with Crippen LogP contribution < -0.4 is 14.8 Å². The van der Waals surface area contributed by atoms with Gasteiger partial charge in [0.1, 0.15) is 11.9 Å². The first-order chi connectivity index (χ1) is 19.3. The van der Waals surface area contributed by atoms with E-state index in [0.29, 0.717) is 56.0 Å². The predicted molar refractivity (Wildman–Crippen MR) is 152 cm³/mol. The van der Waals surface area contributed by atoms with Crippen molar-refractivity contribution >= 4 is 34.9 Å². The van der Waals surface area contributed by atoms with Crippen LogP contribution >= 0.6 is 23.2 Å². The van der Waals surface area contributed by atoms with Crippen molar-refractivity contribution in [1.82, 2.24) is 4.98 Å². The number of carbonyl (C=O) groups excluding carboxylic acids is 1. The number of aromatic nitrogens is 1. The van der Waals surface area contributed by atoms with Crippen molar-refractivity contribution in [3.63, 3.8) is 0 Å². The number of methoxy groups -OCH3 is 2. The molecule has 1 heterocycles. The van der Waals surface area contributed by atoms with E-state index in [2.05, 4.69) is 10.3 Å². The summed E-state index contributed by atoms with van der Waals surface area (Å²) < 4.78 is 16.7. The number of pyridine rings is 1. The van der Waals surface area contributed by atoms with E-state index in [1.54, 1.807) is 48.5 Å². The third kappa shape index (κ3) is 6.94. The maximum Gasteiger partial charge on any atom is 0.338 e. The zero-order chi connectivity index (χ0) is 28.6. The zero-order valence-corrected chi connectivity index (χ0v) is 23.2. The van der Waals surface area contributed by atoms with Crippen molar-refractivity contribution in [2.45, 2.75) is 19.1 Å². The van der Waals surface area contributed by atoms with Gasteiger partial charge in [-0.05, 0) is 53.1 Å². The fourth-order valence-corrected chi connectivity index (χ4v) is 4.56. The van der Waals surface area contributed by atoms with Crippen molar-refractivity contribution in [2.75, 3.05) is 19.5 Å². The number of carbonyl (C=O) groups is 1. The Morgan fingerprint density at radius 3 is 2.35 bits per heavy atom. The van der Waals surface area contributed by atoms with Crippen LogP contribution in [0.1, 0.15) is 38.7 Å². The second-order valence-electron chi connectivity index (χ2n) is 8.73. The summed E-state index contributed by atoms with van der Waals surface area (Å²) in [4.78, 5) is 17.2. The molecule has 4 rings (SSSR count). The van der Waals surface area contributed by atoms with Gasteiger partial charge in [-0.15, -0.1) is 0 Å². The lowest BCUT2D eigenvalue weighted by Gasteiger charge is -2.21. The third-order valence-electron chi connectivity index (χ3n) is 6.10. The van der Waals surface area contributed by atoms with Crippen molar-refractivity contribution in [3.05, 3.63) is 111 Å². The number of nitrogens with one attached hydrogen (secondary N) is 1. The summed E-state index contributed by atoms with van der Waals surface area (Å²) in [6.45, 7) is 0.414. The first-order valence-electron chi connectivity index (χ1n) is 12.1. The molecule has 0 amide bonds. The van der Waals surface area contributed by atoms with Crippen LogP contribution in [0.25, 0.3) is 0 Å². The van der Waals surface area contributed by atoms with Crippen molar-refractivity contribution in [1.29, 1.82) is 5.26 Å². The lowest BCUT2D eigenvalue weighted by Crippen LogP contribution is -2.15. The van der Waals surface area contributed by atoms with Crippen LogP contribution in [0, 0.1) is 11.3 Å². The highest BCUT2D eigenvalue weighted by Gasteiger charge is 2.23. The molecule has 1 atom stereocenters. The number of rotatable bonds is 10. The molecule has 204 valence electrons. The normalized spacial score (nSPS) is 11.3. The molecule has 1 aromatic heterocycles.